The second kappa shape index (κ2) is 6.26. The number of carbonyl (C=O) groups is 2. The molecule has 0 bridgehead atoms. The molecule has 1 atom stereocenters. The molecule has 0 heterocycles. The van der Waals surface area contributed by atoms with Gasteiger partial charge in [-0.25, -0.2) is 4.79 Å². The summed E-state index contributed by atoms with van der Waals surface area (Å²) in [4.78, 5) is 23.4. The molecule has 0 fully saturated rings. The average Bonchev–Trinajstić information content (AvgIpc) is 2.32. The number of aliphatic carboxylic acids is 1. The highest BCUT2D eigenvalue weighted by Gasteiger charge is 2.34. The lowest BCUT2D eigenvalue weighted by Crippen LogP contribution is -2.52. The van der Waals surface area contributed by atoms with Crippen LogP contribution in [0.3, 0.4) is 0 Å². The third-order valence-corrected chi connectivity index (χ3v) is 3.63. The largest absolute Gasteiger partial charge is 0.480 e. The van der Waals surface area contributed by atoms with Crippen molar-refractivity contribution in [3.63, 3.8) is 0 Å². The van der Waals surface area contributed by atoms with Crippen molar-refractivity contribution < 1.29 is 14.7 Å². The summed E-state index contributed by atoms with van der Waals surface area (Å²) in [5, 5.41) is 12.1. The second-order valence-corrected chi connectivity index (χ2v) is 5.23. The topological polar surface area (TPSA) is 66.4 Å². The monoisotopic (exact) mass is 303 g/mol. The first-order chi connectivity index (χ1) is 8.81. The van der Waals surface area contributed by atoms with Crippen LogP contribution in [-0.4, -0.2) is 22.5 Å². The lowest BCUT2D eigenvalue weighted by Gasteiger charge is -2.26. The fourth-order valence-corrected chi connectivity index (χ4v) is 2.11. The quantitative estimate of drug-likeness (QED) is 0.876. The van der Waals surface area contributed by atoms with Gasteiger partial charge in [0.05, 0.1) is 15.6 Å². The minimum absolute atomic E-state index is 0.117. The van der Waals surface area contributed by atoms with Crippen LogP contribution in [0.15, 0.2) is 18.2 Å². The van der Waals surface area contributed by atoms with Gasteiger partial charge in [-0.1, -0.05) is 42.6 Å². The summed E-state index contributed by atoms with van der Waals surface area (Å²) in [6, 6.07) is 4.64. The Morgan fingerprint density at radius 3 is 2.53 bits per heavy atom. The van der Waals surface area contributed by atoms with E-state index in [1.807, 2.05) is 6.92 Å². The van der Waals surface area contributed by atoms with Gasteiger partial charge < -0.3 is 10.4 Å². The molecule has 0 saturated carbocycles. The molecule has 2 N–H and O–H groups in total. The minimum Gasteiger partial charge on any atom is -0.480 e. The Labute approximate surface area is 121 Å². The first kappa shape index (κ1) is 15.8. The number of hydrogen-bond donors (Lipinski definition) is 2. The Morgan fingerprint density at radius 1 is 1.37 bits per heavy atom. The maximum atomic E-state index is 12.1. The van der Waals surface area contributed by atoms with E-state index in [-0.39, 0.29) is 15.6 Å². The molecule has 0 radical (unpaired) electrons. The van der Waals surface area contributed by atoms with Gasteiger partial charge in [-0.3, -0.25) is 4.79 Å². The average molecular weight is 304 g/mol. The van der Waals surface area contributed by atoms with Gasteiger partial charge in [0.2, 0.25) is 0 Å². The number of amides is 1. The molecule has 104 valence electrons. The molecule has 1 rings (SSSR count). The predicted molar refractivity (Wildman–Crippen MR) is 74.9 cm³/mol. The summed E-state index contributed by atoms with van der Waals surface area (Å²) in [6.45, 7) is 3.31. The number of carbonyl (C=O) groups excluding carboxylic acids is 1. The van der Waals surface area contributed by atoms with Crippen LogP contribution in [0.1, 0.15) is 37.0 Å². The number of benzene rings is 1. The second-order valence-electron chi connectivity index (χ2n) is 4.44. The zero-order valence-corrected chi connectivity index (χ0v) is 12.2. The number of hydrogen-bond acceptors (Lipinski definition) is 2. The highest BCUT2D eigenvalue weighted by Crippen LogP contribution is 2.26. The molecule has 0 aliphatic heterocycles. The van der Waals surface area contributed by atoms with E-state index in [4.69, 9.17) is 23.2 Å². The fourth-order valence-electron chi connectivity index (χ4n) is 1.72. The minimum atomic E-state index is -1.32. The third-order valence-electron chi connectivity index (χ3n) is 2.81. The lowest BCUT2D eigenvalue weighted by molar-refractivity contribution is -0.144. The first-order valence-corrected chi connectivity index (χ1v) is 6.57. The summed E-state index contributed by atoms with van der Waals surface area (Å²) in [5.41, 5.74) is -1.16. The fraction of sp³-hybridized carbons (Fsp3) is 0.385. The van der Waals surface area contributed by atoms with Gasteiger partial charge >= 0.3 is 5.97 Å². The van der Waals surface area contributed by atoms with Crippen molar-refractivity contribution in [2.45, 2.75) is 32.2 Å². The van der Waals surface area contributed by atoms with Crippen molar-refractivity contribution >= 4 is 35.1 Å². The molecule has 1 aromatic rings. The number of nitrogens with one attached hydrogen (secondary N) is 1. The molecule has 1 unspecified atom stereocenters. The predicted octanol–water partition coefficient (Wildman–Crippen LogP) is 3.37. The van der Waals surface area contributed by atoms with Crippen LogP contribution in [0, 0.1) is 0 Å². The van der Waals surface area contributed by atoms with E-state index in [9.17, 15) is 14.7 Å². The Kier molecular flexibility index (Phi) is 5.20. The Balaban J connectivity index is 3.01. The molecule has 1 amide bonds. The molecule has 0 aliphatic carbocycles. The molecular formula is C13H15Cl2NO3. The zero-order valence-electron chi connectivity index (χ0n) is 10.7. The van der Waals surface area contributed by atoms with E-state index < -0.39 is 17.4 Å². The van der Waals surface area contributed by atoms with Crippen LogP contribution in [-0.2, 0) is 4.79 Å². The molecule has 6 heteroatoms. The number of halogens is 2. The highest BCUT2D eigenvalue weighted by molar-refractivity contribution is 6.43. The van der Waals surface area contributed by atoms with Gasteiger partial charge in [0.25, 0.3) is 5.91 Å². The van der Waals surface area contributed by atoms with Crippen LogP contribution in [0.5, 0.6) is 0 Å². The van der Waals surface area contributed by atoms with Crippen LogP contribution in [0.4, 0.5) is 0 Å². The lowest BCUT2D eigenvalue weighted by atomic mass is 9.95. The van der Waals surface area contributed by atoms with E-state index in [1.165, 1.54) is 13.0 Å². The van der Waals surface area contributed by atoms with Crippen LogP contribution >= 0.6 is 23.2 Å². The smallest absolute Gasteiger partial charge is 0.329 e. The Hall–Kier alpha value is -1.26. The van der Waals surface area contributed by atoms with Gasteiger partial charge in [0.1, 0.15) is 5.54 Å². The zero-order chi connectivity index (χ0) is 14.6. The number of carboxylic acids is 1. The van der Waals surface area contributed by atoms with Crippen LogP contribution in [0.25, 0.3) is 0 Å². The SMILES string of the molecule is CCCC(C)(NC(=O)c1cccc(Cl)c1Cl)C(=O)O. The van der Waals surface area contributed by atoms with Gasteiger partial charge in [-0.05, 0) is 25.5 Å². The molecule has 1 aromatic carbocycles. The highest BCUT2D eigenvalue weighted by atomic mass is 35.5. The van der Waals surface area contributed by atoms with Gasteiger partial charge in [-0.2, -0.15) is 0 Å². The Bertz CT molecular complexity index is 505. The Morgan fingerprint density at radius 2 is 2.00 bits per heavy atom. The normalized spacial score (nSPS) is 13.7. The van der Waals surface area contributed by atoms with E-state index >= 15 is 0 Å². The molecular weight excluding hydrogens is 289 g/mol. The summed E-state index contributed by atoms with van der Waals surface area (Å²) >= 11 is 11.8. The van der Waals surface area contributed by atoms with E-state index in [2.05, 4.69) is 5.32 Å². The third kappa shape index (κ3) is 3.61. The number of rotatable bonds is 5. The van der Waals surface area contributed by atoms with Crippen LogP contribution in [0.2, 0.25) is 10.0 Å². The molecule has 0 saturated heterocycles. The maximum Gasteiger partial charge on any atom is 0.329 e. The van der Waals surface area contributed by atoms with E-state index in [1.54, 1.807) is 12.1 Å². The summed E-state index contributed by atoms with van der Waals surface area (Å²) in [7, 11) is 0. The van der Waals surface area contributed by atoms with E-state index in [0.29, 0.717) is 12.8 Å². The van der Waals surface area contributed by atoms with Crippen molar-refractivity contribution in [2.24, 2.45) is 0 Å². The molecule has 0 aromatic heterocycles. The van der Waals surface area contributed by atoms with Gasteiger partial charge in [0.15, 0.2) is 0 Å². The molecule has 19 heavy (non-hydrogen) atoms. The van der Waals surface area contributed by atoms with Crippen molar-refractivity contribution in [3.8, 4) is 0 Å². The van der Waals surface area contributed by atoms with E-state index in [0.717, 1.165) is 0 Å². The van der Waals surface area contributed by atoms with Crippen molar-refractivity contribution in [1.29, 1.82) is 0 Å². The molecule has 0 aliphatic rings. The van der Waals surface area contributed by atoms with Crippen molar-refractivity contribution in [2.75, 3.05) is 0 Å². The van der Waals surface area contributed by atoms with Gasteiger partial charge in [0, 0.05) is 0 Å². The summed E-state index contributed by atoms with van der Waals surface area (Å²) < 4.78 is 0. The summed E-state index contributed by atoms with van der Waals surface area (Å²) in [6.07, 6.45) is 0.957. The molecule has 0 spiro atoms. The summed E-state index contributed by atoms with van der Waals surface area (Å²) in [5.74, 6) is -1.63. The standard InChI is InChI=1S/C13H15Cl2NO3/c1-3-7-13(2,12(18)19)16-11(17)8-5-4-6-9(14)10(8)15/h4-6H,3,7H2,1-2H3,(H,16,17)(H,18,19). The van der Waals surface area contributed by atoms with Crippen molar-refractivity contribution in [1.82, 2.24) is 5.32 Å². The maximum absolute atomic E-state index is 12.1. The number of carboxylic acid groups (broad SMARTS) is 1. The van der Waals surface area contributed by atoms with Crippen molar-refractivity contribution in [3.05, 3.63) is 33.8 Å². The first-order valence-electron chi connectivity index (χ1n) is 5.81. The molecule has 4 nitrogen and oxygen atoms in total. The van der Waals surface area contributed by atoms with Crippen LogP contribution < -0.4 is 5.32 Å². The van der Waals surface area contributed by atoms with Gasteiger partial charge in [-0.15, -0.1) is 0 Å².